The lowest BCUT2D eigenvalue weighted by molar-refractivity contribution is -0.138. The lowest BCUT2D eigenvalue weighted by Crippen LogP contribution is -2.47. The van der Waals surface area contributed by atoms with E-state index in [1.165, 1.54) is 18.2 Å². The molecule has 0 aromatic heterocycles. The normalized spacial score (nSPS) is 23.6. The molecule has 1 N–H and O–H groups in total. The Kier molecular flexibility index (Phi) is 7.43. The average Bonchev–Trinajstić information content (AvgIpc) is 3.07. The number of esters is 1. The van der Waals surface area contributed by atoms with E-state index in [4.69, 9.17) is 4.74 Å². The molecular weight excluding hydrogens is 398 g/mol. The Morgan fingerprint density at radius 2 is 1.90 bits per heavy atom. The van der Waals surface area contributed by atoms with Crippen molar-refractivity contribution >= 4 is 23.8 Å². The molecule has 3 rings (SSSR count). The van der Waals surface area contributed by atoms with Crippen molar-refractivity contribution in [2.45, 2.75) is 70.2 Å². The van der Waals surface area contributed by atoms with Gasteiger partial charge < -0.3 is 10.1 Å². The quantitative estimate of drug-likeness (QED) is 0.423. The van der Waals surface area contributed by atoms with Gasteiger partial charge >= 0.3 is 12.0 Å². The van der Waals surface area contributed by atoms with Gasteiger partial charge in [0.25, 0.3) is 0 Å². The lowest BCUT2D eigenvalue weighted by atomic mass is 9.95. The number of hydrogen-bond acceptors (Lipinski definition) is 5. The highest BCUT2D eigenvalue weighted by atomic mass is 32.2. The van der Waals surface area contributed by atoms with Gasteiger partial charge in [-0.05, 0) is 39.2 Å². The lowest BCUT2D eigenvalue weighted by Gasteiger charge is -2.29. The maximum atomic E-state index is 13.3. The predicted molar refractivity (Wildman–Crippen MR) is 117 cm³/mol. The first-order chi connectivity index (χ1) is 14.5. The van der Waals surface area contributed by atoms with Crippen LogP contribution in [-0.4, -0.2) is 35.6 Å². The molecule has 160 valence electrons. The molecule has 1 heterocycles. The third kappa shape index (κ3) is 4.81. The van der Waals surface area contributed by atoms with Crippen molar-refractivity contribution in [1.82, 2.24) is 10.2 Å². The number of nitrogens with zero attached hydrogens (tertiary/aromatic N) is 2. The summed E-state index contributed by atoms with van der Waals surface area (Å²) in [4.78, 5) is 27.3. The standard InChI is InChI=1S/C23H29N3O3S/c1-4-29-22(27)19(14-24)21-26(23(28)25-18-8-6-5-7-9-18)16(3)20(30-21)17-12-10-15(2)11-13-17/h10-13,16,18,20H,4-9H2,1-3H3,(H,25,28)/b21-19-/t16-,20+/m1/s1. The van der Waals surface area contributed by atoms with Gasteiger partial charge in [0.15, 0.2) is 5.57 Å². The molecule has 1 saturated carbocycles. The Morgan fingerprint density at radius 3 is 2.50 bits per heavy atom. The summed E-state index contributed by atoms with van der Waals surface area (Å²) in [5.74, 6) is -0.685. The van der Waals surface area contributed by atoms with Crippen LogP contribution in [0, 0.1) is 18.3 Å². The molecule has 1 aliphatic heterocycles. The highest BCUT2D eigenvalue weighted by Crippen LogP contribution is 2.49. The summed E-state index contributed by atoms with van der Waals surface area (Å²) >= 11 is 1.38. The van der Waals surface area contributed by atoms with Crippen molar-refractivity contribution in [3.8, 4) is 6.07 Å². The third-order valence-corrected chi connectivity index (χ3v) is 7.21. The number of carbonyl (C=O) groups is 2. The number of ether oxygens (including phenoxy) is 1. The van der Waals surface area contributed by atoms with Crippen molar-refractivity contribution in [2.75, 3.05) is 6.61 Å². The number of aryl methyl sites for hydroxylation is 1. The number of thioether (sulfide) groups is 1. The first kappa shape index (κ1) is 22.2. The Bertz CT molecular complexity index is 853. The van der Waals surface area contributed by atoms with E-state index in [1.807, 2.05) is 44.2 Å². The zero-order chi connectivity index (χ0) is 21.7. The number of benzene rings is 1. The Hall–Kier alpha value is -2.46. The van der Waals surface area contributed by atoms with E-state index < -0.39 is 5.97 Å². The maximum Gasteiger partial charge on any atom is 0.351 e. The molecule has 6 nitrogen and oxygen atoms in total. The molecule has 0 radical (unpaired) electrons. The number of urea groups is 1. The molecule has 1 saturated heterocycles. The fraction of sp³-hybridized carbons (Fsp3) is 0.522. The van der Waals surface area contributed by atoms with Gasteiger partial charge in [0, 0.05) is 6.04 Å². The number of amides is 2. The Morgan fingerprint density at radius 1 is 1.23 bits per heavy atom. The zero-order valence-corrected chi connectivity index (χ0v) is 18.6. The molecule has 0 spiro atoms. The van der Waals surface area contributed by atoms with E-state index in [-0.39, 0.29) is 35.5 Å². The fourth-order valence-corrected chi connectivity index (χ4v) is 5.49. The Labute approximate surface area is 182 Å². The minimum Gasteiger partial charge on any atom is -0.462 e. The van der Waals surface area contributed by atoms with Gasteiger partial charge in [-0.3, -0.25) is 4.90 Å². The van der Waals surface area contributed by atoms with Gasteiger partial charge in [0.05, 0.1) is 17.9 Å². The summed E-state index contributed by atoms with van der Waals surface area (Å²) in [6, 6.07) is 9.81. The number of rotatable bonds is 4. The first-order valence-electron chi connectivity index (χ1n) is 10.6. The highest BCUT2D eigenvalue weighted by Gasteiger charge is 2.43. The topological polar surface area (TPSA) is 82.4 Å². The zero-order valence-electron chi connectivity index (χ0n) is 17.8. The molecule has 2 aliphatic rings. The highest BCUT2D eigenvalue weighted by molar-refractivity contribution is 8.03. The molecule has 1 aromatic carbocycles. The van der Waals surface area contributed by atoms with Crippen LogP contribution in [-0.2, 0) is 9.53 Å². The maximum absolute atomic E-state index is 13.3. The van der Waals surface area contributed by atoms with Crippen molar-refractivity contribution < 1.29 is 14.3 Å². The van der Waals surface area contributed by atoms with Crippen LogP contribution in [0.25, 0.3) is 0 Å². The first-order valence-corrected chi connectivity index (χ1v) is 11.5. The molecule has 0 unspecified atom stereocenters. The van der Waals surface area contributed by atoms with Gasteiger partial charge in [-0.1, -0.05) is 60.9 Å². The summed E-state index contributed by atoms with van der Waals surface area (Å²) in [7, 11) is 0. The van der Waals surface area contributed by atoms with Crippen LogP contribution in [0.15, 0.2) is 34.9 Å². The third-order valence-electron chi connectivity index (χ3n) is 5.67. The monoisotopic (exact) mass is 427 g/mol. The number of nitriles is 1. The molecule has 7 heteroatoms. The second-order valence-electron chi connectivity index (χ2n) is 7.86. The average molecular weight is 428 g/mol. The van der Waals surface area contributed by atoms with Crippen LogP contribution < -0.4 is 5.32 Å². The summed E-state index contributed by atoms with van der Waals surface area (Å²) < 4.78 is 5.09. The molecule has 2 fully saturated rings. The number of hydrogen-bond donors (Lipinski definition) is 1. The Balaban J connectivity index is 1.95. The molecule has 1 aromatic rings. The summed E-state index contributed by atoms with van der Waals surface area (Å²) in [6.45, 7) is 5.86. The van der Waals surface area contributed by atoms with Gasteiger partial charge in [0.2, 0.25) is 0 Å². The number of nitrogens with one attached hydrogen (secondary N) is 1. The number of carbonyl (C=O) groups excluding carboxylic acids is 2. The minimum atomic E-state index is -0.685. The van der Waals surface area contributed by atoms with Crippen molar-refractivity contribution in [3.05, 3.63) is 46.0 Å². The van der Waals surface area contributed by atoms with Crippen molar-refractivity contribution in [3.63, 3.8) is 0 Å². The van der Waals surface area contributed by atoms with E-state index in [0.29, 0.717) is 5.03 Å². The van der Waals surface area contributed by atoms with Gasteiger partial charge in [-0.15, -0.1) is 0 Å². The summed E-state index contributed by atoms with van der Waals surface area (Å²) in [5.41, 5.74) is 2.10. The van der Waals surface area contributed by atoms with Gasteiger partial charge in [-0.25, -0.2) is 9.59 Å². The molecule has 0 bridgehead atoms. The minimum absolute atomic E-state index is 0.0736. The molecular formula is C23H29N3O3S. The van der Waals surface area contributed by atoms with E-state index in [1.54, 1.807) is 11.8 Å². The summed E-state index contributed by atoms with van der Waals surface area (Å²) in [5, 5.41) is 13.1. The predicted octanol–water partition coefficient (Wildman–Crippen LogP) is 4.81. The van der Waals surface area contributed by atoms with Crippen LogP contribution in [0.3, 0.4) is 0 Å². The second kappa shape index (κ2) is 10.0. The molecule has 30 heavy (non-hydrogen) atoms. The molecule has 2 atom stereocenters. The van der Waals surface area contributed by atoms with E-state index in [2.05, 4.69) is 5.32 Å². The largest absolute Gasteiger partial charge is 0.462 e. The van der Waals surface area contributed by atoms with Crippen LogP contribution in [0.1, 0.15) is 62.3 Å². The molecule has 2 amide bonds. The van der Waals surface area contributed by atoms with Crippen molar-refractivity contribution in [2.24, 2.45) is 0 Å². The van der Waals surface area contributed by atoms with E-state index >= 15 is 0 Å². The van der Waals surface area contributed by atoms with E-state index in [0.717, 1.165) is 36.8 Å². The fourth-order valence-electron chi connectivity index (χ4n) is 4.03. The smallest absolute Gasteiger partial charge is 0.351 e. The van der Waals surface area contributed by atoms with Gasteiger partial charge in [-0.2, -0.15) is 5.26 Å². The molecule has 1 aliphatic carbocycles. The van der Waals surface area contributed by atoms with Crippen LogP contribution in [0.4, 0.5) is 4.79 Å². The van der Waals surface area contributed by atoms with Crippen molar-refractivity contribution in [1.29, 1.82) is 5.26 Å². The summed E-state index contributed by atoms with van der Waals surface area (Å²) in [6.07, 6.45) is 5.34. The van der Waals surface area contributed by atoms with Crippen LogP contribution >= 0.6 is 11.8 Å². The van der Waals surface area contributed by atoms with E-state index in [9.17, 15) is 14.9 Å². The van der Waals surface area contributed by atoms with Crippen LogP contribution in [0.5, 0.6) is 0 Å². The van der Waals surface area contributed by atoms with Gasteiger partial charge in [0.1, 0.15) is 11.1 Å². The SMILES string of the molecule is CCOC(=O)/C(C#N)=C1\S[C@H](c2ccc(C)cc2)[C@@H](C)N1C(=O)NC1CCCCC1. The second-order valence-corrected chi connectivity index (χ2v) is 8.99. The van der Waals surface area contributed by atoms with Crippen LogP contribution in [0.2, 0.25) is 0 Å².